The molecule has 1 unspecified atom stereocenters. The number of ether oxygens (including phenoxy) is 1. The van der Waals surface area contributed by atoms with Gasteiger partial charge >= 0.3 is 0 Å². The lowest BCUT2D eigenvalue weighted by molar-refractivity contribution is -0.120. The second-order valence-corrected chi connectivity index (χ2v) is 5.85. The molecule has 7 heteroatoms. The normalized spacial score (nSPS) is 13.0. The molecule has 0 aliphatic carbocycles. The Morgan fingerprint density at radius 1 is 1.50 bits per heavy atom. The maximum Gasteiger partial charge on any atom is 0.238 e. The number of amides is 1. The van der Waals surface area contributed by atoms with Gasteiger partial charge in [0.15, 0.2) is 5.03 Å². The number of hydrogen-bond donors (Lipinski definition) is 1. The van der Waals surface area contributed by atoms with Gasteiger partial charge in [0.05, 0.1) is 6.61 Å². The lowest BCUT2D eigenvalue weighted by Crippen LogP contribution is -2.39. The monoisotopic (exact) mass is 272 g/mol. The molecule has 0 aliphatic heterocycles. The van der Waals surface area contributed by atoms with Crippen molar-refractivity contribution in [3.05, 3.63) is 24.4 Å². The summed E-state index contributed by atoms with van der Waals surface area (Å²) in [5, 5.41) is 1.21. The van der Waals surface area contributed by atoms with Gasteiger partial charge in [-0.15, -0.1) is 0 Å². The molecule has 0 fully saturated rings. The lowest BCUT2D eigenvalue weighted by Gasteiger charge is -2.12. The number of carbonyl (C=O) groups excluding carboxylic acids is 1. The van der Waals surface area contributed by atoms with E-state index < -0.39 is 21.0 Å². The van der Waals surface area contributed by atoms with E-state index in [4.69, 9.17) is 4.74 Å². The molecule has 100 valence electrons. The van der Waals surface area contributed by atoms with Gasteiger partial charge in [0.1, 0.15) is 5.25 Å². The van der Waals surface area contributed by atoms with Gasteiger partial charge < -0.3 is 10.1 Å². The van der Waals surface area contributed by atoms with Gasteiger partial charge in [0.2, 0.25) is 15.7 Å². The number of hydrogen-bond acceptors (Lipinski definition) is 5. The van der Waals surface area contributed by atoms with Crippen molar-refractivity contribution in [2.75, 3.05) is 20.3 Å². The first-order chi connectivity index (χ1) is 8.50. The molecular weight excluding hydrogens is 256 g/mol. The minimum absolute atomic E-state index is 0.0978. The van der Waals surface area contributed by atoms with Crippen LogP contribution in [0.2, 0.25) is 0 Å². The van der Waals surface area contributed by atoms with Crippen molar-refractivity contribution < 1.29 is 17.9 Å². The fraction of sp³-hybridized carbons (Fsp3) is 0.455. The van der Waals surface area contributed by atoms with Gasteiger partial charge in [-0.2, -0.15) is 0 Å². The summed E-state index contributed by atoms with van der Waals surface area (Å²) in [6, 6.07) is 4.55. The summed E-state index contributed by atoms with van der Waals surface area (Å²) in [6.45, 7) is 1.95. The molecule has 0 spiro atoms. The molecule has 1 atom stereocenters. The Bertz CT molecular complexity index is 487. The second kappa shape index (κ2) is 6.46. The molecule has 0 radical (unpaired) electrons. The summed E-state index contributed by atoms with van der Waals surface area (Å²) >= 11 is 0. The first kappa shape index (κ1) is 14.6. The fourth-order valence-electron chi connectivity index (χ4n) is 1.26. The van der Waals surface area contributed by atoms with Gasteiger partial charge in [0.25, 0.3) is 0 Å². The van der Waals surface area contributed by atoms with Gasteiger partial charge in [0, 0.05) is 19.9 Å². The highest BCUT2D eigenvalue weighted by Gasteiger charge is 2.30. The van der Waals surface area contributed by atoms with E-state index in [9.17, 15) is 13.2 Å². The summed E-state index contributed by atoms with van der Waals surface area (Å²) in [6.07, 6.45) is 1.38. The molecule has 0 saturated carbocycles. The average molecular weight is 272 g/mol. The van der Waals surface area contributed by atoms with E-state index >= 15 is 0 Å². The molecule has 18 heavy (non-hydrogen) atoms. The van der Waals surface area contributed by atoms with E-state index in [1.54, 1.807) is 12.1 Å². The number of methoxy groups -OCH3 is 1. The maximum absolute atomic E-state index is 12.1. The van der Waals surface area contributed by atoms with Crippen molar-refractivity contribution in [3.63, 3.8) is 0 Å². The molecule has 6 nitrogen and oxygen atoms in total. The second-order valence-electron chi connectivity index (χ2n) is 3.64. The maximum atomic E-state index is 12.1. The average Bonchev–Trinajstić information content (AvgIpc) is 2.39. The number of rotatable bonds is 6. The zero-order chi connectivity index (χ0) is 13.6. The first-order valence-corrected chi connectivity index (χ1v) is 6.96. The largest absolute Gasteiger partial charge is 0.383 e. The topological polar surface area (TPSA) is 85.4 Å². The molecule has 1 heterocycles. The van der Waals surface area contributed by atoms with Crippen LogP contribution in [0.1, 0.15) is 6.92 Å². The summed E-state index contributed by atoms with van der Waals surface area (Å²) in [7, 11) is -2.24. The van der Waals surface area contributed by atoms with Gasteiger partial charge in [-0.1, -0.05) is 6.07 Å². The van der Waals surface area contributed by atoms with Crippen molar-refractivity contribution in [2.24, 2.45) is 0 Å². The zero-order valence-electron chi connectivity index (χ0n) is 10.3. The molecule has 0 aliphatic rings. The Labute approximate surface area is 106 Å². The Kier molecular flexibility index (Phi) is 5.24. The Morgan fingerprint density at radius 3 is 2.78 bits per heavy atom. The highest BCUT2D eigenvalue weighted by atomic mass is 32.2. The fourth-order valence-corrected chi connectivity index (χ4v) is 2.46. The van der Waals surface area contributed by atoms with Crippen molar-refractivity contribution in [2.45, 2.75) is 17.2 Å². The van der Waals surface area contributed by atoms with Crippen LogP contribution in [0.25, 0.3) is 0 Å². The van der Waals surface area contributed by atoms with Gasteiger partial charge in [-0.3, -0.25) is 4.79 Å². The number of sulfone groups is 1. The molecule has 1 rings (SSSR count). The molecule has 0 aromatic carbocycles. The van der Waals surface area contributed by atoms with Crippen molar-refractivity contribution in [1.82, 2.24) is 10.3 Å². The van der Waals surface area contributed by atoms with Crippen LogP contribution in [-0.2, 0) is 19.4 Å². The number of carbonyl (C=O) groups is 1. The first-order valence-electron chi connectivity index (χ1n) is 5.41. The molecule has 1 aromatic heterocycles. The standard InChI is InChI=1S/C11H16N2O4S/c1-9(11(14)13-7-8-17-2)18(15,16)10-5-3-4-6-12-10/h3-6,9H,7-8H2,1-2H3,(H,13,14). The van der Waals surface area contributed by atoms with E-state index in [0.717, 1.165) is 0 Å². The van der Waals surface area contributed by atoms with Gasteiger partial charge in [-0.25, -0.2) is 13.4 Å². The van der Waals surface area contributed by atoms with Crippen LogP contribution in [0.3, 0.4) is 0 Å². The summed E-state index contributed by atoms with van der Waals surface area (Å²) < 4.78 is 28.9. The Hall–Kier alpha value is -1.47. The molecular formula is C11H16N2O4S. The van der Waals surface area contributed by atoms with Crippen LogP contribution >= 0.6 is 0 Å². The molecule has 1 amide bonds. The van der Waals surface area contributed by atoms with Crippen LogP contribution in [0.4, 0.5) is 0 Å². The van der Waals surface area contributed by atoms with Crippen LogP contribution in [-0.4, -0.2) is 44.8 Å². The quantitative estimate of drug-likeness (QED) is 0.737. The third kappa shape index (κ3) is 3.51. The SMILES string of the molecule is COCCNC(=O)C(C)S(=O)(=O)c1ccccn1. The molecule has 1 aromatic rings. The van der Waals surface area contributed by atoms with Crippen LogP contribution in [0.5, 0.6) is 0 Å². The summed E-state index contributed by atoms with van der Waals surface area (Å²) in [4.78, 5) is 15.4. The minimum Gasteiger partial charge on any atom is -0.383 e. The Balaban J connectivity index is 2.77. The van der Waals surface area contributed by atoms with Crippen LogP contribution in [0, 0.1) is 0 Å². The molecule has 1 N–H and O–H groups in total. The minimum atomic E-state index is -3.74. The zero-order valence-corrected chi connectivity index (χ0v) is 11.1. The van der Waals surface area contributed by atoms with E-state index in [1.165, 1.54) is 26.3 Å². The number of pyridine rings is 1. The summed E-state index contributed by atoms with van der Waals surface area (Å²) in [5.41, 5.74) is 0. The third-order valence-electron chi connectivity index (χ3n) is 2.37. The highest BCUT2D eigenvalue weighted by Crippen LogP contribution is 2.12. The summed E-state index contributed by atoms with van der Waals surface area (Å²) in [5.74, 6) is -0.558. The number of nitrogens with zero attached hydrogens (tertiary/aromatic N) is 1. The highest BCUT2D eigenvalue weighted by molar-refractivity contribution is 7.92. The van der Waals surface area contributed by atoms with Crippen molar-refractivity contribution in [1.29, 1.82) is 0 Å². The smallest absolute Gasteiger partial charge is 0.238 e. The van der Waals surface area contributed by atoms with E-state index in [2.05, 4.69) is 10.3 Å². The van der Waals surface area contributed by atoms with E-state index in [-0.39, 0.29) is 11.6 Å². The van der Waals surface area contributed by atoms with Crippen LogP contribution < -0.4 is 5.32 Å². The predicted molar refractivity (Wildman–Crippen MR) is 65.8 cm³/mol. The van der Waals surface area contributed by atoms with Crippen molar-refractivity contribution in [3.8, 4) is 0 Å². The number of aromatic nitrogens is 1. The lowest BCUT2D eigenvalue weighted by atomic mass is 10.4. The number of nitrogens with one attached hydrogen (secondary N) is 1. The van der Waals surface area contributed by atoms with E-state index in [0.29, 0.717) is 6.61 Å². The molecule has 0 bridgehead atoms. The van der Waals surface area contributed by atoms with Crippen LogP contribution in [0.15, 0.2) is 29.4 Å². The molecule has 0 saturated heterocycles. The van der Waals surface area contributed by atoms with E-state index in [1.807, 2.05) is 0 Å². The van der Waals surface area contributed by atoms with Crippen molar-refractivity contribution >= 4 is 15.7 Å². The third-order valence-corrected chi connectivity index (χ3v) is 4.34. The predicted octanol–water partition coefficient (Wildman–Crippen LogP) is 0.00640. The van der Waals surface area contributed by atoms with Gasteiger partial charge in [-0.05, 0) is 19.1 Å². The Morgan fingerprint density at radius 2 is 2.22 bits per heavy atom.